The molecule has 5 atom stereocenters. The van der Waals surface area contributed by atoms with Crippen molar-refractivity contribution in [2.45, 2.75) is 91.5 Å². The van der Waals surface area contributed by atoms with Crippen molar-refractivity contribution in [1.29, 1.82) is 0 Å². The van der Waals surface area contributed by atoms with E-state index in [9.17, 15) is 0 Å². The maximum absolute atomic E-state index is 3.92. The van der Waals surface area contributed by atoms with Crippen LogP contribution >= 0.6 is 0 Å². The van der Waals surface area contributed by atoms with Gasteiger partial charge in [0.25, 0.3) is 0 Å². The Labute approximate surface area is 133 Å². The van der Waals surface area contributed by atoms with E-state index < -0.39 is 0 Å². The fourth-order valence-electron chi connectivity index (χ4n) is 5.03. The van der Waals surface area contributed by atoms with Gasteiger partial charge in [-0.05, 0) is 68.2 Å². The van der Waals surface area contributed by atoms with Crippen LogP contribution in [0, 0.1) is 29.6 Å². The van der Waals surface area contributed by atoms with Gasteiger partial charge < -0.3 is 5.32 Å². The Hall–Kier alpha value is -0.0400. The molecule has 1 heterocycles. The summed E-state index contributed by atoms with van der Waals surface area (Å²) >= 11 is 0. The third-order valence-corrected chi connectivity index (χ3v) is 6.55. The van der Waals surface area contributed by atoms with E-state index in [2.05, 4.69) is 33.0 Å². The molecule has 1 aliphatic heterocycles. The molecule has 0 amide bonds. The first-order chi connectivity index (χ1) is 10.1. The van der Waals surface area contributed by atoms with Gasteiger partial charge in [0, 0.05) is 6.04 Å². The van der Waals surface area contributed by atoms with Crippen LogP contribution in [0.2, 0.25) is 0 Å². The summed E-state index contributed by atoms with van der Waals surface area (Å²) in [6.07, 6.45) is 13.1. The quantitative estimate of drug-likeness (QED) is 0.640. The molecule has 2 fully saturated rings. The predicted octanol–water partition coefficient (Wildman–Crippen LogP) is 5.64. The molecule has 2 rings (SSSR count). The van der Waals surface area contributed by atoms with Gasteiger partial charge in [0.2, 0.25) is 0 Å². The highest BCUT2D eigenvalue weighted by molar-refractivity contribution is 4.93. The van der Waals surface area contributed by atoms with Crippen molar-refractivity contribution >= 4 is 0 Å². The maximum atomic E-state index is 3.92. The average molecular weight is 294 g/mol. The molecule has 1 heteroatoms. The molecule has 21 heavy (non-hydrogen) atoms. The average Bonchev–Trinajstić information content (AvgIpc) is 2.50. The first kappa shape index (κ1) is 17.3. The van der Waals surface area contributed by atoms with Gasteiger partial charge in [0.05, 0.1) is 0 Å². The fourth-order valence-corrected chi connectivity index (χ4v) is 5.03. The lowest BCUT2D eigenvalue weighted by molar-refractivity contribution is 0.0766. The van der Waals surface area contributed by atoms with Crippen LogP contribution in [0.1, 0.15) is 85.5 Å². The lowest BCUT2D eigenvalue weighted by Crippen LogP contribution is -2.51. The van der Waals surface area contributed by atoms with Gasteiger partial charge in [0.15, 0.2) is 0 Å². The van der Waals surface area contributed by atoms with E-state index in [4.69, 9.17) is 0 Å². The molecule has 1 saturated carbocycles. The first-order valence-corrected chi connectivity index (χ1v) is 9.86. The lowest BCUT2D eigenvalue weighted by Gasteiger charge is -2.46. The second kappa shape index (κ2) is 8.56. The van der Waals surface area contributed by atoms with Crippen molar-refractivity contribution in [1.82, 2.24) is 5.32 Å². The summed E-state index contributed by atoms with van der Waals surface area (Å²) in [4.78, 5) is 0. The van der Waals surface area contributed by atoms with E-state index in [1.54, 1.807) is 0 Å². The first-order valence-electron chi connectivity index (χ1n) is 9.86. The largest absolute Gasteiger partial charge is 0.313 e. The zero-order chi connectivity index (χ0) is 15.2. The molecule has 0 aromatic rings. The van der Waals surface area contributed by atoms with E-state index >= 15 is 0 Å². The van der Waals surface area contributed by atoms with Gasteiger partial charge in [0.1, 0.15) is 0 Å². The number of hydrogen-bond donors (Lipinski definition) is 1. The van der Waals surface area contributed by atoms with E-state index in [0.29, 0.717) is 0 Å². The summed E-state index contributed by atoms with van der Waals surface area (Å²) in [6, 6.07) is 0.850. The predicted molar refractivity (Wildman–Crippen MR) is 93.5 cm³/mol. The minimum absolute atomic E-state index is 0.850. The zero-order valence-electron chi connectivity index (χ0n) is 15.0. The second-order valence-corrected chi connectivity index (χ2v) is 8.33. The minimum atomic E-state index is 0.850. The van der Waals surface area contributed by atoms with E-state index in [1.807, 2.05) is 0 Å². The molecular weight excluding hydrogens is 254 g/mol. The van der Waals surface area contributed by atoms with Gasteiger partial charge in [-0.25, -0.2) is 0 Å². The van der Waals surface area contributed by atoms with Crippen LogP contribution in [0.5, 0.6) is 0 Å². The minimum Gasteiger partial charge on any atom is -0.313 e. The summed E-state index contributed by atoms with van der Waals surface area (Å²) in [6.45, 7) is 11.0. The van der Waals surface area contributed by atoms with E-state index in [0.717, 1.165) is 35.6 Å². The maximum Gasteiger partial charge on any atom is 0.0126 e. The van der Waals surface area contributed by atoms with Crippen molar-refractivity contribution in [2.75, 3.05) is 6.54 Å². The number of fused-ring (bicyclic) bond motifs is 1. The Morgan fingerprint density at radius 1 is 1.00 bits per heavy atom. The van der Waals surface area contributed by atoms with Crippen LogP contribution < -0.4 is 5.32 Å². The van der Waals surface area contributed by atoms with Gasteiger partial charge in [-0.1, -0.05) is 53.4 Å². The highest BCUT2D eigenvalue weighted by atomic mass is 14.9. The molecule has 124 valence electrons. The normalized spacial score (nSPS) is 32.7. The molecule has 0 aromatic carbocycles. The number of nitrogens with one attached hydrogen (secondary N) is 1. The SMILES string of the molecule is CCC(C)CCCC(C(C)C)C1CCCC2CCCNC21. The lowest BCUT2D eigenvalue weighted by atomic mass is 9.65. The summed E-state index contributed by atoms with van der Waals surface area (Å²) in [5, 5.41) is 3.92. The Morgan fingerprint density at radius 3 is 2.48 bits per heavy atom. The standard InChI is InChI=1S/C20H39N/c1-5-16(4)9-6-12-18(15(2)3)19-13-7-10-17-11-8-14-21-20(17)19/h15-21H,5-14H2,1-4H3. The summed E-state index contributed by atoms with van der Waals surface area (Å²) in [5.74, 6) is 4.68. The Balaban J connectivity index is 1.92. The second-order valence-electron chi connectivity index (χ2n) is 8.33. The van der Waals surface area contributed by atoms with Crippen LogP contribution in [-0.2, 0) is 0 Å². The zero-order valence-corrected chi connectivity index (χ0v) is 15.0. The van der Waals surface area contributed by atoms with Crippen LogP contribution in [-0.4, -0.2) is 12.6 Å². The smallest absolute Gasteiger partial charge is 0.0126 e. The molecule has 2 aliphatic rings. The van der Waals surface area contributed by atoms with Crippen molar-refractivity contribution in [3.63, 3.8) is 0 Å². The third-order valence-electron chi connectivity index (χ3n) is 6.55. The summed E-state index contributed by atoms with van der Waals surface area (Å²) < 4.78 is 0. The highest BCUT2D eigenvalue weighted by Gasteiger charge is 2.39. The fraction of sp³-hybridized carbons (Fsp3) is 1.00. The highest BCUT2D eigenvalue weighted by Crippen LogP contribution is 2.42. The van der Waals surface area contributed by atoms with Crippen LogP contribution in [0.3, 0.4) is 0 Å². The molecule has 1 N–H and O–H groups in total. The van der Waals surface area contributed by atoms with Gasteiger partial charge in [-0.3, -0.25) is 0 Å². The van der Waals surface area contributed by atoms with Gasteiger partial charge in [-0.2, -0.15) is 0 Å². The Bertz CT molecular complexity index is 284. The van der Waals surface area contributed by atoms with E-state index in [1.165, 1.54) is 64.3 Å². The molecule has 1 nitrogen and oxygen atoms in total. The number of hydrogen-bond acceptors (Lipinski definition) is 1. The summed E-state index contributed by atoms with van der Waals surface area (Å²) in [5.41, 5.74) is 0. The number of piperidine rings is 1. The molecule has 0 bridgehead atoms. The third kappa shape index (κ3) is 4.71. The molecular formula is C20H39N. The topological polar surface area (TPSA) is 12.0 Å². The molecule has 1 saturated heterocycles. The van der Waals surface area contributed by atoms with Crippen molar-refractivity contribution in [3.05, 3.63) is 0 Å². The van der Waals surface area contributed by atoms with Gasteiger partial charge in [-0.15, -0.1) is 0 Å². The molecule has 0 spiro atoms. The van der Waals surface area contributed by atoms with Crippen LogP contribution in [0.15, 0.2) is 0 Å². The molecule has 0 aromatic heterocycles. The van der Waals surface area contributed by atoms with Gasteiger partial charge >= 0.3 is 0 Å². The van der Waals surface area contributed by atoms with Crippen molar-refractivity contribution < 1.29 is 0 Å². The van der Waals surface area contributed by atoms with Crippen LogP contribution in [0.25, 0.3) is 0 Å². The Morgan fingerprint density at radius 2 is 1.76 bits per heavy atom. The number of rotatable bonds is 7. The molecule has 0 radical (unpaired) electrons. The summed E-state index contributed by atoms with van der Waals surface area (Å²) in [7, 11) is 0. The Kier molecular flexibility index (Phi) is 7.05. The molecule has 1 aliphatic carbocycles. The van der Waals surface area contributed by atoms with Crippen LogP contribution in [0.4, 0.5) is 0 Å². The molecule has 5 unspecified atom stereocenters. The van der Waals surface area contributed by atoms with E-state index in [-0.39, 0.29) is 0 Å². The monoisotopic (exact) mass is 293 g/mol. The van der Waals surface area contributed by atoms with Crippen molar-refractivity contribution in [3.8, 4) is 0 Å². The van der Waals surface area contributed by atoms with Crippen molar-refractivity contribution in [2.24, 2.45) is 29.6 Å².